The van der Waals surface area contributed by atoms with Crippen molar-refractivity contribution in [1.82, 2.24) is 5.43 Å². The van der Waals surface area contributed by atoms with Crippen LogP contribution in [0.25, 0.3) is 0 Å². The van der Waals surface area contributed by atoms with Crippen LogP contribution in [0.1, 0.15) is 23.7 Å². The highest BCUT2D eigenvalue weighted by atomic mass is 16.6. The summed E-state index contributed by atoms with van der Waals surface area (Å²) in [5, 5.41) is 22.8. The lowest BCUT2D eigenvalue weighted by Gasteiger charge is -2.01. The number of nitro benzene ring substituents is 1. The number of nitro groups is 1. The number of aliphatic hydroxyl groups excluding tert-OH is 1. The Morgan fingerprint density at radius 2 is 2.06 bits per heavy atom. The fourth-order valence-corrected chi connectivity index (χ4v) is 1.16. The number of rotatable bonds is 5. The van der Waals surface area contributed by atoms with Crippen LogP contribution in [-0.2, 0) is 0 Å². The van der Waals surface area contributed by atoms with Gasteiger partial charge in [0.15, 0.2) is 0 Å². The van der Waals surface area contributed by atoms with Gasteiger partial charge < -0.3 is 5.11 Å². The third-order valence-corrected chi connectivity index (χ3v) is 2.16. The quantitative estimate of drug-likeness (QED) is 0.464. The van der Waals surface area contributed by atoms with Crippen LogP contribution in [0.4, 0.5) is 5.69 Å². The lowest BCUT2D eigenvalue weighted by Crippen LogP contribution is -2.19. The molecule has 0 bridgehead atoms. The summed E-state index contributed by atoms with van der Waals surface area (Å²) in [4.78, 5) is 21.5. The minimum Gasteiger partial charge on any atom is -0.396 e. The van der Waals surface area contributed by atoms with Crippen LogP contribution in [0.15, 0.2) is 29.4 Å². The normalized spacial score (nSPS) is 11.1. The molecule has 0 spiro atoms. The van der Waals surface area contributed by atoms with Gasteiger partial charge in [0.1, 0.15) is 0 Å². The van der Waals surface area contributed by atoms with E-state index < -0.39 is 10.8 Å². The fourth-order valence-electron chi connectivity index (χ4n) is 1.16. The first-order valence-corrected chi connectivity index (χ1v) is 5.23. The van der Waals surface area contributed by atoms with Crippen molar-refractivity contribution in [2.24, 2.45) is 5.10 Å². The van der Waals surface area contributed by atoms with Crippen molar-refractivity contribution in [2.75, 3.05) is 6.61 Å². The fraction of sp³-hybridized carbons (Fsp3) is 0.273. The molecule has 1 aromatic rings. The number of aliphatic hydroxyl groups is 1. The predicted molar refractivity (Wildman–Crippen MR) is 65.4 cm³/mol. The summed E-state index contributed by atoms with van der Waals surface area (Å²) in [5.74, 6) is -0.456. The zero-order valence-corrected chi connectivity index (χ0v) is 9.79. The minimum absolute atomic E-state index is 0.0390. The Hall–Kier alpha value is -2.28. The van der Waals surface area contributed by atoms with Gasteiger partial charge in [-0.05, 0) is 19.1 Å². The molecule has 7 heteroatoms. The van der Waals surface area contributed by atoms with E-state index in [0.29, 0.717) is 12.1 Å². The summed E-state index contributed by atoms with van der Waals surface area (Å²) in [6.07, 6.45) is 0.376. The number of non-ortho nitro benzene ring substituents is 1. The van der Waals surface area contributed by atoms with E-state index in [0.717, 1.165) is 0 Å². The Labute approximate surface area is 103 Å². The molecule has 0 saturated heterocycles. The lowest BCUT2D eigenvalue weighted by atomic mass is 10.2. The summed E-state index contributed by atoms with van der Waals surface area (Å²) in [6, 6.07) is 5.20. The van der Waals surface area contributed by atoms with Crippen LogP contribution in [0, 0.1) is 10.1 Å². The van der Waals surface area contributed by atoms with Crippen molar-refractivity contribution in [3.8, 4) is 0 Å². The van der Waals surface area contributed by atoms with E-state index in [9.17, 15) is 14.9 Å². The molecule has 2 N–H and O–H groups in total. The highest BCUT2D eigenvalue weighted by Gasteiger charge is 2.08. The van der Waals surface area contributed by atoms with E-state index >= 15 is 0 Å². The monoisotopic (exact) mass is 251 g/mol. The van der Waals surface area contributed by atoms with Crippen LogP contribution in [0.2, 0.25) is 0 Å². The van der Waals surface area contributed by atoms with Crippen molar-refractivity contribution in [2.45, 2.75) is 13.3 Å². The molecule has 1 rings (SSSR count). The number of nitrogens with one attached hydrogen (secondary N) is 1. The zero-order chi connectivity index (χ0) is 13.5. The zero-order valence-electron chi connectivity index (χ0n) is 9.79. The number of carbonyl (C=O) groups excluding carboxylic acids is 1. The van der Waals surface area contributed by atoms with Crippen LogP contribution in [0.3, 0.4) is 0 Å². The molecule has 0 aromatic heterocycles. The van der Waals surface area contributed by atoms with E-state index in [-0.39, 0.29) is 17.9 Å². The number of hydrogen-bond acceptors (Lipinski definition) is 5. The van der Waals surface area contributed by atoms with Crippen LogP contribution >= 0.6 is 0 Å². The number of hydrogen-bond donors (Lipinski definition) is 2. The average molecular weight is 251 g/mol. The number of carbonyl (C=O) groups is 1. The molecule has 0 unspecified atom stereocenters. The van der Waals surface area contributed by atoms with Crippen LogP contribution in [0.5, 0.6) is 0 Å². The Morgan fingerprint density at radius 1 is 1.44 bits per heavy atom. The Morgan fingerprint density at radius 3 is 2.56 bits per heavy atom. The molecular weight excluding hydrogens is 238 g/mol. The van der Waals surface area contributed by atoms with Gasteiger partial charge in [0.05, 0.1) is 4.92 Å². The summed E-state index contributed by atoms with van der Waals surface area (Å²) in [6.45, 7) is 1.63. The molecule has 0 saturated carbocycles. The molecule has 0 radical (unpaired) electrons. The van der Waals surface area contributed by atoms with Gasteiger partial charge in [-0.15, -0.1) is 0 Å². The standard InChI is InChI=1S/C11H13N3O4/c1-8(6-7-15)12-13-11(16)9-2-4-10(5-3-9)14(17)18/h2-5,15H,6-7H2,1H3,(H,13,16)/b12-8+. The molecule has 7 nitrogen and oxygen atoms in total. The summed E-state index contributed by atoms with van der Waals surface area (Å²) < 4.78 is 0. The van der Waals surface area contributed by atoms with E-state index in [1.165, 1.54) is 24.3 Å². The van der Waals surface area contributed by atoms with Crippen molar-refractivity contribution >= 4 is 17.3 Å². The third kappa shape index (κ3) is 3.95. The first-order valence-electron chi connectivity index (χ1n) is 5.23. The first kappa shape index (κ1) is 13.8. The van der Waals surface area contributed by atoms with E-state index in [2.05, 4.69) is 10.5 Å². The smallest absolute Gasteiger partial charge is 0.271 e. The minimum atomic E-state index is -0.536. The molecule has 0 aliphatic heterocycles. The SMILES string of the molecule is C/C(CCO)=N\NC(=O)c1ccc([N+](=O)[O-])cc1. The summed E-state index contributed by atoms with van der Waals surface area (Å²) in [7, 11) is 0. The molecule has 0 aliphatic rings. The second-order valence-electron chi connectivity index (χ2n) is 3.57. The van der Waals surface area contributed by atoms with Crippen molar-refractivity contribution < 1.29 is 14.8 Å². The highest BCUT2D eigenvalue weighted by Crippen LogP contribution is 2.11. The number of amides is 1. The van der Waals surface area contributed by atoms with Crippen molar-refractivity contribution in [1.29, 1.82) is 0 Å². The molecular formula is C11H13N3O4. The van der Waals surface area contributed by atoms with Crippen LogP contribution in [-0.4, -0.2) is 28.3 Å². The van der Waals surface area contributed by atoms with Crippen molar-refractivity contribution in [3.63, 3.8) is 0 Å². The van der Waals surface area contributed by atoms with Gasteiger partial charge in [-0.25, -0.2) is 5.43 Å². The van der Waals surface area contributed by atoms with Gasteiger partial charge >= 0.3 is 0 Å². The highest BCUT2D eigenvalue weighted by molar-refractivity contribution is 5.95. The molecule has 0 atom stereocenters. The largest absolute Gasteiger partial charge is 0.396 e. The molecule has 1 aromatic carbocycles. The van der Waals surface area contributed by atoms with Gasteiger partial charge in [0.25, 0.3) is 11.6 Å². The Balaban J connectivity index is 2.67. The van der Waals surface area contributed by atoms with E-state index in [4.69, 9.17) is 5.11 Å². The third-order valence-electron chi connectivity index (χ3n) is 2.16. The second-order valence-corrected chi connectivity index (χ2v) is 3.57. The topological polar surface area (TPSA) is 105 Å². The van der Waals surface area contributed by atoms with Gasteiger partial charge in [0, 0.05) is 36.4 Å². The second kappa shape index (κ2) is 6.45. The number of hydrazone groups is 1. The van der Waals surface area contributed by atoms with Crippen LogP contribution < -0.4 is 5.43 Å². The average Bonchev–Trinajstić information content (AvgIpc) is 2.36. The molecule has 96 valence electrons. The maximum absolute atomic E-state index is 11.6. The van der Waals surface area contributed by atoms with Gasteiger partial charge in [-0.1, -0.05) is 0 Å². The van der Waals surface area contributed by atoms with Gasteiger partial charge in [0.2, 0.25) is 0 Å². The maximum Gasteiger partial charge on any atom is 0.271 e. The number of nitrogens with zero attached hydrogens (tertiary/aromatic N) is 2. The predicted octanol–water partition coefficient (Wildman–Crippen LogP) is 1.08. The first-order chi connectivity index (χ1) is 8.54. The summed E-state index contributed by atoms with van der Waals surface area (Å²) >= 11 is 0. The molecule has 0 fully saturated rings. The molecule has 1 amide bonds. The number of benzene rings is 1. The molecule has 0 aliphatic carbocycles. The summed E-state index contributed by atoms with van der Waals surface area (Å²) in [5.41, 5.74) is 3.09. The Kier molecular flexibility index (Phi) is 4.94. The molecule has 18 heavy (non-hydrogen) atoms. The molecule has 0 heterocycles. The Bertz CT molecular complexity index is 468. The lowest BCUT2D eigenvalue weighted by molar-refractivity contribution is -0.384. The maximum atomic E-state index is 11.6. The van der Waals surface area contributed by atoms with Gasteiger partial charge in [-0.2, -0.15) is 5.10 Å². The van der Waals surface area contributed by atoms with Gasteiger partial charge in [-0.3, -0.25) is 14.9 Å². The van der Waals surface area contributed by atoms with Crippen molar-refractivity contribution in [3.05, 3.63) is 39.9 Å². The van der Waals surface area contributed by atoms with E-state index in [1.54, 1.807) is 6.92 Å². The van der Waals surface area contributed by atoms with E-state index in [1.807, 2.05) is 0 Å².